The van der Waals surface area contributed by atoms with Crippen molar-refractivity contribution in [2.45, 2.75) is 66.3 Å². The molecule has 0 fully saturated rings. The Labute approximate surface area is 253 Å². The van der Waals surface area contributed by atoms with Gasteiger partial charge in [-0.1, -0.05) is 61.9 Å². The summed E-state index contributed by atoms with van der Waals surface area (Å²) in [6.07, 6.45) is 2.66. The number of aryl methyl sites for hydroxylation is 1. The van der Waals surface area contributed by atoms with E-state index in [-0.39, 0.29) is 18.8 Å². The van der Waals surface area contributed by atoms with Crippen LogP contribution in [0.4, 0.5) is 0 Å². The van der Waals surface area contributed by atoms with Crippen molar-refractivity contribution < 1.29 is 14.3 Å². The first-order valence-corrected chi connectivity index (χ1v) is 14.9. The molecule has 42 heavy (non-hydrogen) atoms. The third-order valence-electron chi connectivity index (χ3n) is 7.01. The Bertz CT molecular complexity index is 1680. The van der Waals surface area contributed by atoms with Gasteiger partial charge in [-0.15, -0.1) is 5.10 Å². The normalized spacial score (nSPS) is 12.1. The molecule has 0 saturated carbocycles. The van der Waals surface area contributed by atoms with Crippen LogP contribution in [0.2, 0.25) is 0 Å². The number of tetrazole rings is 1. The van der Waals surface area contributed by atoms with E-state index in [1.165, 1.54) is 6.92 Å². The predicted octanol–water partition coefficient (Wildman–Crippen LogP) is 6.52. The summed E-state index contributed by atoms with van der Waals surface area (Å²) in [7, 11) is 0. The maximum atomic E-state index is 11.4. The lowest BCUT2D eigenvalue weighted by molar-refractivity contribution is -0.142. The van der Waals surface area contributed by atoms with Gasteiger partial charge in [-0.25, -0.2) is 9.97 Å². The molecule has 0 spiro atoms. The van der Waals surface area contributed by atoms with E-state index in [0.717, 1.165) is 63.0 Å². The average Bonchev–Trinajstić information content (AvgIpc) is 3.60. The zero-order valence-electron chi connectivity index (χ0n) is 24.2. The maximum Gasteiger partial charge on any atom is 0.303 e. The summed E-state index contributed by atoms with van der Waals surface area (Å²) in [5, 5.41) is 12.4. The minimum Gasteiger partial charge on any atom is -0.459 e. The van der Waals surface area contributed by atoms with Gasteiger partial charge in [-0.05, 0) is 69.4 Å². The Kier molecular flexibility index (Phi) is 9.38. The van der Waals surface area contributed by atoms with E-state index in [9.17, 15) is 4.79 Å². The standard InChI is InChI=1S/C31H34BrN7O3/c1-5-7-12-29-33-27-17-26(32)28(19-42-21(4)40)34-31(27)38(29)18-22-13-15-23(16-14-22)24-10-8-9-11-25(24)30-35-36-37-39(30)20(3)41-6-2/h8-11,13-17,20H,5-7,12,18-19H2,1-4H3. The van der Waals surface area contributed by atoms with Gasteiger partial charge in [0.25, 0.3) is 0 Å². The summed E-state index contributed by atoms with van der Waals surface area (Å²) < 4.78 is 15.6. The van der Waals surface area contributed by atoms with Gasteiger partial charge in [-0.3, -0.25) is 4.79 Å². The number of imidazole rings is 1. The number of aromatic nitrogens is 7. The molecular weight excluding hydrogens is 598 g/mol. The van der Waals surface area contributed by atoms with Crippen LogP contribution in [-0.2, 0) is 33.8 Å². The van der Waals surface area contributed by atoms with Gasteiger partial charge in [-0.2, -0.15) is 4.68 Å². The monoisotopic (exact) mass is 631 g/mol. The first kappa shape index (κ1) is 29.5. The van der Waals surface area contributed by atoms with Crippen molar-refractivity contribution in [1.29, 1.82) is 0 Å². The number of unbranched alkanes of at least 4 members (excludes halogenated alkanes) is 1. The van der Waals surface area contributed by atoms with Crippen LogP contribution < -0.4 is 0 Å². The number of fused-ring (bicyclic) bond motifs is 1. The topological polar surface area (TPSA) is 110 Å². The van der Waals surface area contributed by atoms with Gasteiger partial charge in [0.2, 0.25) is 0 Å². The Balaban J connectivity index is 1.47. The van der Waals surface area contributed by atoms with E-state index in [1.807, 2.05) is 38.1 Å². The van der Waals surface area contributed by atoms with Crippen LogP contribution in [0.1, 0.15) is 63.8 Å². The van der Waals surface area contributed by atoms with Gasteiger partial charge in [0.05, 0.1) is 12.2 Å². The molecule has 0 bridgehead atoms. The van der Waals surface area contributed by atoms with Crippen LogP contribution in [-0.4, -0.2) is 47.3 Å². The summed E-state index contributed by atoms with van der Waals surface area (Å²) in [5.41, 5.74) is 6.38. The highest BCUT2D eigenvalue weighted by Gasteiger charge is 2.19. The molecule has 0 saturated heterocycles. The molecule has 0 aliphatic rings. The largest absolute Gasteiger partial charge is 0.459 e. The fourth-order valence-electron chi connectivity index (χ4n) is 4.90. The number of ether oxygens (including phenoxy) is 2. The van der Waals surface area contributed by atoms with E-state index < -0.39 is 0 Å². The SMILES string of the molecule is CCCCc1nc2cc(Br)c(COC(C)=O)nc2n1Cc1ccc(-c2ccccc2-c2nnnn2C(C)OCC)cc1. The summed E-state index contributed by atoms with van der Waals surface area (Å²) in [6, 6.07) is 18.6. The van der Waals surface area contributed by atoms with Gasteiger partial charge in [0, 0.05) is 30.0 Å². The number of halogens is 1. The molecule has 5 rings (SSSR count). The van der Waals surface area contributed by atoms with Crippen molar-refractivity contribution in [3.05, 3.63) is 76.2 Å². The zero-order valence-corrected chi connectivity index (χ0v) is 25.8. The quantitative estimate of drug-likeness (QED) is 0.143. The number of pyridine rings is 1. The van der Waals surface area contributed by atoms with Gasteiger partial charge < -0.3 is 14.0 Å². The minimum absolute atomic E-state index is 0.0993. The molecule has 10 nitrogen and oxygen atoms in total. The second kappa shape index (κ2) is 13.3. The van der Waals surface area contributed by atoms with Gasteiger partial charge in [0.15, 0.2) is 17.7 Å². The third-order valence-corrected chi connectivity index (χ3v) is 7.70. The molecule has 0 aliphatic carbocycles. The first-order valence-electron chi connectivity index (χ1n) is 14.2. The molecule has 0 amide bonds. The smallest absolute Gasteiger partial charge is 0.303 e. The van der Waals surface area contributed by atoms with Crippen LogP contribution in [0.5, 0.6) is 0 Å². The minimum atomic E-state index is -0.345. The van der Waals surface area contributed by atoms with Crippen LogP contribution in [0.15, 0.2) is 59.1 Å². The summed E-state index contributed by atoms with van der Waals surface area (Å²) in [4.78, 5) is 21.2. The van der Waals surface area contributed by atoms with E-state index >= 15 is 0 Å². The first-order chi connectivity index (χ1) is 20.4. The highest BCUT2D eigenvalue weighted by atomic mass is 79.9. The molecule has 0 aliphatic heterocycles. The molecule has 1 atom stereocenters. The van der Waals surface area contributed by atoms with Crippen molar-refractivity contribution in [3.63, 3.8) is 0 Å². The molecule has 11 heteroatoms. The van der Waals surface area contributed by atoms with Crippen molar-refractivity contribution in [2.75, 3.05) is 6.61 Å². The molecule has 218 valence electrons. The number of carbonyl (C=O) groups excluding carboxylic acids is 1. The second-order valence-corrected chi connectivity index (χ2v) is 10.9. The number of benzene rings is 2. The fourth-order valence-corrected chi connectivity index (χ4v) is 5.32. The van der Waals surface area contributed by atoms with Crippen molar-refractivity contribution in [3.8, 4) is 22.5 Å². The van der Waals surface area contributed by atoms with Gasteiger partial charge >= 0.3 is 5.97 Å². The molecule has 0 N–H and O–H groups in total. The Morgan fingerprint density at radius 3 is 2.52 bits per heavy atom. The molecule has 1 unspecified atom stereocenters. The van der Waals surface area contributed by atoms with Crippen LogP contribution >= 0.6 is 15.9 Å². The fraction of sp³-hybridized carbons (Fsp3) is 0.355. The molecule has 3 aromatic heterocycles. The third kappa shape index (κ3) is 6.42. The van der Waals surface area contributed by atoms with Crippen LogP contribution in [0.25, 0.3) is 33.7 Å². The van der Waals surface area contributed by atoms with Crippen LogP contribution in [0.3, 0.4) is 0 Å². The average molecular weight is 633 g/mol. The lowest BCUT2D eigenvalue weighted by Crippen LogP contribution is -2.12. The Morgan fingerprint density at radius 1 is 1.05 bits per heavy atom. The Hall–Kier alpha value is -3.96. The van der Waals surface area contributed by atoms with Crippen LogP contribution in [0, 0.1) is 0 Å². The number of carbonyl (C=O) groups is 1. The van der Waals surface area contributed by atoms with Crippen molar-refractivity contribution >= 4 is 33.1 Å². The van der Waals surface area contributed by atoms with E-state index in [2.05, 4.69) is 73.3 Å². The van der Waals surface area contributed by atoms with Gasteiger partial charge in [0.1, 0.15) is 17.9 Å². The van der Waals surface area contributed by atoms with E-state index in [4.69, 9.17) is 19.4 Å². The number of rotatable bonds is 12. The summed E-state index contributed by atoms with van der Waals surface area (Å²) >= 11 is 3.57. The van der Waals surface area contributed by atoms with E-state index in [1.54, 1.807) is 4.68 Å². The predicted molar refractivity (Wildman–Crippen MR) is 163 cm³/mol. The highest BCUT2D eigenvalue weighted by Crippen LogP contribution is 2.32. The maximum absolute atomic E-state index is 11.4. The number of nitrogens with zero attached hydrogens (tertiary/aromatic N) is 7. The van der Waals surface area contributed by atoms with E-state index in [0.29, 0.717) is 24.7 Å². The molecular formula is C31H34BrN7O3. The lowest BCUT2D eigenvalue weighted by atomic mass is 9.98. The summed E-state index contributed by atoms with van der Waals surface area (Å²) in [6.45, 7) is 8.73. The Morgan fingerprint density at radius 2 is 1.81 bits per heavy atom. The number of hydrogen-bond acceptors (Lipinski definition) is 8. The number of hydrogen-bond donors (Lipinski definition) is 0. The molecule has 0 radical (unpaired) electrons. The lowest BCUT2D eigenvalue weighted by Gasteiger charge is -2.15. The van der Waals surface area contributed by atoms with Crippen molar-refractivity contribution in [2.24, 2.45) is 0 Å². The molecule has 2 aromatic carbocycles. The number of esters is 1. The zero-order chi connectivity index (χ0) is 29.6. The van der Waals surface area contributed by atoms with Crippen molar-refractivity contribution in [1.82, 2.24) is 34.7 Å². The second-order valence-electron chi connectivity index (χ2n) is 10.0. The highest BCUT2D eigenvalue weighted by molar-refractivity contribution is 9.10. The summed E-state index contributed by atoms with van der Waals surface area (Å²) in [5.74, 6) is 1.30. The molecule has 3 heterocycles. The molecule has 5 aromatic rings.